The fourth-order valence-corrected chi connectivity index (χ4v) is 2.63. The molecule has 138 valence electrons. The Balaban J connectivity index is 1.63. The van der Waals surface area contributed by atoms with Crippen molar-refractivity contribution in [2.75, 3.05) is 12.4 Å². The van der Waals surface area contributed by atoms with Crippen LogP contribution in [0.25, 0.3) is 0 Å². The van der Waals surface area contributed by atoms with E-state index in [2.05, 4.69) is 31.5 Å². The maximum Gasteiger partial charge on any atom is 0.291 e. The molecule has 2 N–H and O–H groups in total. The minimum absolute atomic E-state index is 0.170. The molecule has 8 heteroatoms. The number of amides is 2. The van der Waals surface area contributed by atoms with E-state index in [0.29, 0.717) is 28.3 Å². The molecule has 2 amide bonds. The number of halogens is 1. The maximum atomic E-state index is 12.4. The first-order valence-corrected chi connectivity index (χ1v) is 8.78. The highest BCUT2D eigenvalue weighted by atomic mass is 79.9. The highest BCUT2D eigenvalue weighted by Crippen LogP contribution is 2.17. The Morgan fingerprint density at radius 3 is 2.74 bits per heavy atom. The van der Waals surface area contributed by atoms with E-state index in [1.807, 2.05) is 0 Å². The zero-order chi connectivity index (χ0) is 19.2. The van der Waals surface area contributed by atoms with Crippen molar-refractivity contribution in [3.05, 3.63) is 76.3 Å². The molecule has 0 atom stereocenters. The van der Waals surface area contributed by atoms with Crippen LogP contribution in [0.2, 0.25) is 0 Å². The molecule has 0 saturated carbocycles. The van der Waals surface area contributed by atoms with Crippen LogP contribution in [0.15, 0.2) is 63.8 Å². The fraction of sp³-hybridized carbons (Fsp3) is 0.105. The average Bonchev–Trinajstić information content (AvgIpc) is 3.13. The Labute approximate surface area is 163 Å². The molecule has 0 aliphatic carbocycles. The molecule has 27 heavy (non-hydrogen) atoms. The van der Waals surface area contributed by atoms with Gasteiger partial charge in [0.2, 0.25) is 5.88 Å². The highest BCUT2D eigenvalue weighted by molar-refractivity contribution is 9.10. The Bertz CT molecular complexity index is 971. The van der Waals surface area contributed by atoms with Crippen molar-refractivity contribution in [3.63, 3.8) is 0 Å². The van der Waals surface area contributed by atoms with E-state index >= 15 is 0 Å². The van der Waals surface area contributed by atoms with Gasteiger partial charge in [0.1, 0.15) is 0 Å². The number of pyridine rings is 1. The molecule has 0 radical (unpaired) electrons. The number of anilines is 1. The number of benzene rings is 1. The van der Waals surface area contributed by atoms with Gasteiger partial charge in [0.05, 0.1) is 7.11 Å². The van der Waals surface area contributed by atoms with E-state index in [1.54, 1.807) is 54.7 Å². The molecule has 0 aliphatic heterocycles. The van der Waals surface area contributed by atoms with E-state index in [0.717, 1.165) is 5.56 Å². The first-order valence-electron chi connectivity index (χ1n) is 7.99. The van der Waals surface area contributed by atoms with Gasteiger partial charge < -0.3 is 19.8 Å². The van der Waals surface area contributed by atoms with Crippen LogP contribution in [-0.2, 0) is 6.54 Å². The lowest BCUT2D eigenvalue weighted by Crippen LogP contribution is -2.23. The molecule has 0 unspecified atom stereocenters. The number of hydrogen-bond acceptors (Lipinski definition) is 5. The van der Waals surface area contributed by atoms with Crippen LogP contribution in [0.1, 0.15) is 26.5 Å². The zero-order valence-electron chi connectivity index (χ0n) is 14.4. The number of nitrogens with zero attached hydrogens (tertiary/aromatic N) is 1. The Hall–Kier alpha value is -3.13. The Morgan fingerprint density at radius 1 is 1.15 bits per heavy atom. The number of nitrogens with one attached hydrogen (secondary N) is 2. The van der Waals surface area contributed by atoms with Crippen LogP contribution >= 0.6 is 15.9 Å². The molecule has 1 aromatic carbocycles. The summed E-state index contributed by atoms with van der Waals surface area (Å²) in [5.74, 6) is -0.0101. The first-order chi connectivity index (χ1) is 13.0. The third kappa shape index (κ3) is 4.95. The summed E-state index contributed by atoms with van der Waals surface area (Å²) in [6.45, 7) is 0.328. The normalized spacial score (nSPS) is 10.3. The topological polar surface area (TPSA) is 93.5 Å². The van der Waals surface area contributed by atoms with Gasteiger partial charge in [0.25, 0.3) is 11.8 Å². The number of ether oxygens (including phenoxy) is 1. The van der Waals surface area contributed by atoms with E-state index in [9.17, 15) is 9.59 Å². The summed E-state index contributed by atoms with van der Waals surface area (Å²) in [4.78, 5) is 28.5. The second-order valence-electron chi connectivity index (χ2n) is 5.53. The predicted octanol–water partition coefficient (Wildman–Crippen LogP) is 3.63. The first kappa shape index (κ1) is 18.7. The molecule has 0 aliphatic rings. The van der Waals surface area contributed by atoms with E-state index in [4.69, 9.17) is 9.15 Å². The smallest absolute Gasteiger partial charge is 0.291 e. The van der Waals surface area contributed by atoms with Crippen molar-refractivity contribution >= 4 is 33.4 Å². The number of carbonyl (C=O) groups is 2. The van der Waals surface area contributed by atoms with Crippen molar-refractivity contribution in [3.8, 4) is 5.88 Å². The summed E-state index contributed by atoms with van der Waals surface area (Å²) in [7, 11) is 1.53. The van der Waals surface area contributed by atoms with Crippen LogP contribution in [-0.4, -0.2) is 23.9 Å². The van der Waals surface area contributed by atoms with Gasteiger partial charge in [-0.25, -0.2) is 4.98 Å². The maximum absolute atomic E-state index is 12.4. The molecule has 0 bridgehead atoms. The number of rotatable bonds is 6. The quantitative estimate of drug-likeness (QED) is 0.623. The van der Waals surface area contributed by atoms with Crippen LogP contribution in [0, 0.1) is 0 Å². The summed E-state index contributed by atoms with van der Waals surface area (Å²) in [5.41, 5.74) is 1.78. The van der Waals surface area contributed by atoms with Gasteiger partial charge in [-0.2, -0.15) is 0 Å². The molecular formula is C19H16BrN3O4. The molecule has 2 heterocycles. The van der Waals surface area contributed by atoms with Crippen LogP contribution in [0.3, 0.4) is 0 Å². The molecule has 3 rings (SSSR count). The third-order valence-corrected chi connectivity index (χ3v) is 4.07. The second kappa shape index (κ2) is 8.50. The predicted molar refractivity (Wildman–Crippen MR) is 103 cm³/mol. The van der Waals surface area contributed by atoms with Gasteiger partial charge in [-0.15, -0.1) is 0 Å². The van der Waals surface area contributed by atoms with Crippen LogP contribution < -0.4 is 15.4 Å². The lowest BCUT2D eigenvalue weighted by Gasteiger charge is -2.08. The van der Waals surface area contributed by atoms with Gasteiger partial charge in [-0.1, -0.05) is 6.07 Å². The largest absolute Gasteiger partial charge is 0.481 e. The zero-order valence-corrected chi connectivity index (χ0v) is 15.9. The van der Waals surface area contributed by atoms with Crippen LogP contribution in [0.4, 0.5) is 5.69 Å². The number of methoxy groups -OCH3 is 1. The standard InChI is InChI=1S/C19H16BrN3O4/c1-26-17-9-12(7-8-21-17)11-22-18(24)13-3-2-4-14(10-13)23-19(25)15-5-6-16(20)27-15/h2-10H,11H2,1H3,(H,22,24)(H,23,25). The molecule has 2 aromatic heterocycles. The Morgan fingerprint density at radius 2 is 2.00 bits per heavy atom. The summed E-state index contributed by atoms with van der Waals surface area (Å²) in [5, 5.41) is 5.52. The minimum Gasteiger partial charge on any atom is -0.481 e. The number of hydrogen-bond donors (Lipinski definition) is 2. The monoisotopic (exact) mass is 429 g/mol. The molecular weight excluding hydrogens is 414 g/mol. The third-order valence-electron chi connectivity index (χ3n) is 3.64. The van der Waals surface area contributed by atoms with E-state index in [1.165, 1.54) is 7.11 Å². The van der Waals surface area contributed by atoms with Crippen LogP contribution in [0.5, 0.6) is 5.88 Å². The minimum atomic E-state index is -0.401. The lowest BCUT2D eigenvalue weighted by molar-refractivity contribution is 0.0948. The van der Waals surface area contributed by atoms with Gasteiger partial charge >= 0.3 is 0 Å². The fourth-order valence-electron chi connectivity index (χ4n) is 2.32. The molecule has 3 aromatic rings. The summed E-state index contributed by atoms with van der Waals surface area (Å²) in [6.07, 6.45) is 1.61. The SMILES string of the molecule is COc1cc(CNC(=O)c2cccc(NC(=O)c3ccc(Br)o3)c2)ccn1. The van der Waals surface area contributed by atoms with Crippen molar-refractivity contribution in [2.24, 2.45) is 0 Å². The average molecular weight is 430 g/mol. The van der Waals surface area contributed by atoms with E-state index < -0.39 is 5.91 Å². The van der Waals surface area contributed by atoms with Crippen molar-refractivity contribution < 1.29 is 18.7 Å². The highest BCUT2D eigenvalue weighted by Gasteiger charge is 2.12. The molecule has 0 spiro atoms. The van der Waals surface area contributed by atoms with Gasteiger partial charge in [-0.05, 0) is 57.9 Å². The molecule has 0 fully saturated rings. The van der Waals surface area contributed by atoms with Gasteiger partial charge in [0, 0.05) is 30.1 Å². The van der Waals surface area contributed by atoms with Crippen molar-refractivity contribution in [1.29, 1.82) is 0 Å². The number of furan rings is 1. The molecule has 0 saturated heterocycles. The number of carbonyl (C=O) groups excluding carboxylic acids is 2. The lowest BCUT2D eigenvalue weighted by atomic mass is 10.1. The van der Waals surface area contributed by atoms with Gasteiger partial charge in [0.15, 0.2) is 10.4 Å². The Kier molecular flexibility index (Phi) is 5.87. The molecule has 7 nitrogen and oxygen atoms in total. The summed E-state index contributed by atoms with van der Waals surface area (Å²) in [6, 6.07) is 13.4. The summed E-state index contributed by atoms with van der Waals surface area (Å²) < 4.78 is 10.7. The summed E-state index contributed by atoms with van der Waals surface area (Å²) >= 11 is 3.15. The van der Waals surface area contributed by atoms with Crippen molar-refractivity contribution in [2.45, 2.75) is 6.54 Å². The van der Waals surface area contributed by atoms with E-state index in [-0.39, 0.29) is 11.7 Å². The number of aromatic nitrogens is 1. The van der Waals surface area contributed by atoms with Gasteiger partial charge in [-0.3, -0.25) is 9.59 Å². The second-order valence-corrected chi connectivity index (χ2v) is 6.31. The van der Waals surface area contributed by atoms with Crippen molar-refractivity contribution in [1.82, 2.24) is 10.3 Å².